The lowest BCUT2D eigenvalue weighted by molar-refractivity contribution is -0.430. The molecule has 0 aromatic rings. The zero-order valence-corrected chi connectivity index (χ0v) is 11.7. The monoisotopic (exact) mass is 466 g/mol. The average molecular weight is 466 g/mol. The maximum absolute atomic E-state index is 13.2. The normalized spacial score (nSPS) is 15.5. The van der Waals surface area contributed by atoms with Gasteiger partial charge in [-0.2, -0.15) is 79.0 Å². The SMILES string of the molecule is FC(F)(F)C(=C(OC(F)(C(F)(F)F)C(F)(F)F)C(F)(F)C(F)(F)F)C(F)(F)F. The van der Waals surface area contributed by atoms with Gasteiger partial charge in [0, 0.05) is 0 Å². The molecule has 0 heterocycles. The van der Waals surface area contributed by atoms with Gasteiger partial charge in [0.25, 0.3) is 0 Å². The Bertz CT molecular complexity index is 561. The smallest absolute Gasteiger partial charge is 0.441 e. The van der Waals surface area contributed by atoms with Gasteiger partial charge in [-0.25, -0.2) is 0 Å². The first-order valence-corrected chi connectivity index (χ1v) is 5.56. The third kappa shape index (κ3) is 4.81. The van der Waals surface area contributed by atoms with Crippen molar-refractivity contribution < 1.29 is 83.8 Å². The van der Waals surface area contributed by atoms with E-state index in [2.05, 4.69) is 0 Å². The molecule has 0 aliphatic carbocycles. The number of hydrogen-bond acceptors (Lipinski definition) is 1. The van der Waals surface area contributed by atoms with E-state index in [9.17, 15) is 79.0 Å². The van der Waals surface area contributed by atoms with E-state index >= 15 is 0 Å². The van der Waals surface area contributed by atoms with Crippen LogP contribution in [0.4, 0.5) is 79.0 Å². The highest BCUT2D eigenvalue weighted by Gasteiger charge is 2.79. The fraction of sp³-hybridized carbons (Fsp3) is 0.778. The summed E-state index contributed by atoms with van der Waals surface area (Å²) in [6.45, 7) is 0. The van der Waals surface area contributed by atoms with Crippen LogP contribution in [0.2, 0.25) is 0 Å². The maximum Gasteiger partial charge on any atom is 0.470 e. The van der Waals surface area contributed by atoms with Crippen molar-refractivity contribution >= 4 is 0 Å². The van der Waals surface area contributed by atoms with Crippen molar-refractivity contribution in [3.8, 4) is 0 Å². The van der Waals surface area contributed by atoms with Crippen LogP contribution in [0.5, 0.6) is 0 Å². The fourth-order valence-electron chi connectivity index (χ4n) is 1.24. The van der Waals surface area contributed by atoms with E-state index in [4.69, 9.17) is 0 Å². The lowest BCUT2D eigenvalue weighted by Gasteiger charge is -2.34. The van der Waals surface area contributed by atoms with Crippen LogP contribution in [-0.4, -0.2) is 42.7 Å². The van der Waals surface area contributed by atoms with Gasteiger partial charge in [0.2, 0.25) is 0 Å². The van der Waals surface area contributed by atoms with E-state index in [0.29, 0.717) is 0 Å². The van der Waals surface area contributed by atoms with Crippen LogP contribution < -0.4 is 0 Å². The van der Waals surface area contributed by atoms with Gasteiger partial charge in [0.1, 0.15) is 0 Å². The number of alkyl halides is 18. The first kappa shape index (κ1) is 26.3. The summed E-state index contributed by atoms with van der Waals surface area (Å²) in [5.41, 5.74) is -5.28. The topological polar surface area (TPSA) is 9.23 Å². The highest BCUT2D eigenvalue weighted by atomic mass is 19.4. The summed E-state index contributed by atoms with van der Waals surface area (Å²) in [6, 6.07) is 0. The molecule has 0 radical (unpaired) electrons. The molecule has 0 saturated carbocycles. The van der Waals surface area contributed by atoms with Crippen LogP contribution in [0.25, 0.3) is 0 Å². The van der Waals surface area contributed by atoms with Gasteiger partial charge >= 0.3 is 42.7 Å². The maximum atomic E-state index is 13.2. The minimum absolute atomic E-state index is 1.53. The predicted molar refractivity (Wildman–Crippen MR) is 47.2 cm³/mol. The quantitative estimate of drug-likeness (QED) is 0.347. The van der Waals surface area contributed by atoms with Gasteiger partial charge in [-0.15, -0.1) is 0 Å². The average Bonchev–Trinajstić information content (AvgIpc) is 2.29. The van der Waals surface area contributed by atoms with Crippen molar-refractivity contribution in [3.05, 3.63) is 11.3 Å². The zero-order chi connectivity index (χ0) is 23.4. The van der Waals surface area contributed by atoms with Crippen LogP contribution in [-0.2, 0) is 4.74 Å². The zero-order valence-electron chi connectivity index (χ0n) is 11.7. The van der Waals surface area contributed by atoms with E-state index in [-0.39, 0.29) is 0 Å². The standard InChI is InChI=1S/C9F18O/c10-3(11,7(19,20)21)2(1(4(12,13)14)5(15,16)17)28-6(18,8(22,23)24)9(25,26)27. The van der Waals surface area contributed by atoms with Gasteiger partial charge < -0.3 is 4.74 Å². The minimum atomic E-state index is -7.80. The summed E-state index contributed by atoms with van der Waals surface area (Å²) in [5.74, 6) is -20.9. The second-order valence-corrected chi connectivity index (χ2v) is 4.46. The summed E-state index contributed by atoms with van der Waals surface area (Å²) in [6.07, 6.45) is -38.1. The van der Waals surface area contributed by atoms with E-state index in [1.54, 1.807) is 0 Å². The Hall–Kier alpha value is -1.72. The Morgan fingerprint density at radius 2 is 0.714 bits per heavy atom. The molecule has 0 N–H and O–H groups in total. The molecular formula is C9F18O. The fourth-order valence-corrected chi connectivity index (χ4v) is 1.24. The Morgan fingerprint density at radius 3 is 0.893 bits per heavy atom. The van der Waals surface area contributed by atoms with E-state index in [1.807, 2.05) is 0 Å². The van der Waals surface area contributed by atoms with Crippen molar-refractivity contribution in [1.82, 2.24) is 0 Å². The van der Waals surface area contributed by atoms with Crippen LogP contribution in [0.15, 0.2) is 11.3 Å². The highest BCUT2D eigenvalue weighted by molar-refractivity contribution is 5.27. The van der Waals surface area contributed by atoms with Crippen molar-refractivity contribution in [2.24, 2.45) is 0 Å². The van der Waals surface area contributed by atoms with Crippen molar-refractivity contribution in [2.45, 2.75) is 42.7 Å². The molecule has 0 amide bonds. The number of halogens is 18. The van der Waals surface area contributed by atoms with Crippen LogP contribution in [0.1, 0.15) is 0 Å². The molecule has 0 aromatic heterocycles. The summed E-state index contributed by atoms with van der Waals surface area (Å²) in [4.78, 5) is 0. The predicted octanol–water partition coefficient (Wildman–Crippen LogP) is 6.37. The molecule has 1 nitrogen and oxygen atoms in total. The lowest BCUT2D eigenvalue weighted by atomic mass is 10.1. The van der Waals surface area contributed by atoms with Crippen LogP contribution in [0.3, 0.4) is 0 Å². The van der Waals surface area contributed by atoms with Crippen molar-refractivity contribution in [3.63, 3.8) is 0 Å². The molecule has 0 saturated heterocycles. The molecule has 0 unspecified atom stereocenters. The van der Waals surface area contributed by atoms with E-state index in [1.165, 1.54) is 4.74 Å². The molecule has 19 heteroatoms. The summed E-state index contributed by atoms with van der Waals surface area (Å²) < 4.78 is 224. The Morgan fingerprint density at radius 1 is 0.429 bits per heavy atom. The number of rotatable bonds is 3. The van der Waals surface area contributed by atoms with Gasteiger partial charge in [0.05, 0.1) is 0 Å². The first-order valence-electron chi connectivity index (χ1n) is 5.56. The molecule has 28 heavy (non-hydrogen) atoms. The Kier molecular flexibility index (Phi) is 6.26. The van der Waals surface area contributed by atoms with Gasteiger partial charge in [-0.05, 0) is 0 Å². The largest absolute Gasteiger partial charge is 0.470 e. The van der Waals surface area contributed by atoms with Crippen molar-refractivity contribution in [2.75, 3.05) is 0 Å². The molecular weight excluding hydrogens is 466 g/mol. The molecule has 0 atom stereocenters. The summed E-state index contributed by atoms with van der Waals surface area (Å²) in [5, 5.41) is 0. The van der Waals surface area contributed by atoms with Gasteiger partial charge in [-0.3, -0.25) is 0 Å². The first-order chi connectivity index (χ1) is 11.7. The highest BCUT2D eigenvalue weighted by Crippen LogP contribution is 2.55. The van der Waals surface area contributed by atoms with E-state index in [0.717, 1.165) is 0 Å². The van der Waals surface area contributed by atoms with Crippen LogP contribution in [0, 0.1) is 0 Å². The number of hydrogen-bond donors (Lipinski definition) is 0. The molecule has 0 fully saturated rings. The summed E-state index contributed by atoms with van der Waals surface area (Å²) in [7, 11) is 0. The Balaban J connectivity index is 7.34. The van der Waals surface area contributed by atoms with E-state index < -0.39 is 54.0 Å². The molecule has 168 valence electrons. The number of ether oxygens (including phenoxy) is 1. The lowest BCUT2D eigenvalue weighted by Crippen LogP contribution is -2.57. The minimum Gasteiger partial charge on any atom is -0.441 e. The Labute approximate surface area is 139 Å². The van der Waals surface area contributed by atoms with Crippen molar-refractivity contribution in [1.29, 1.82) is 0 Å². The molecule has 0 aromatic carbocycles. The summed E-state index contributed by atoms with van der Waals surface area (Å²) >= 11 is 0. The second kappa shape index (κ2) is 6.67. The molecule has 0 aliphatic heterocycles. The second-order valence-electron chi connectivity index (χ2n) is 4.46. The van der Waals surface area contributed by atoms with Gasteiger partial charge in [0.15, 0.2) is 11.3 Å². The number of allylic oxidation sites excluding steroid dienone is 2. The van der Waals surface area contributed by atoms with Gasteiger partial charge in [-0.1, -0.05) is 0 Å². The molecule has 0 spiro atoms. The van der Waals surface area contributed by atoms with Crippen LogP contribution >= 0.6 is 0 Å². The molecule has 0 bridgehead atoms. The third-order valence-corrected chi connectivity index (χ3v) is 2.41. The molecule has 0 aliphatic rings. The third-order valence-electron chi connectivity index (χ3n) is 2.41. The molecule has 0 rings (SSSR count).